The molecular weight excluding hydrogens is 224 g/mol. The van der Waals surface area contributed by atoms with Gasteiger partial charge in [0.1, 0.15) is 0 Å². The Hall–Kier alpha value is -0.930. The molecule has 0 aromatic heterocycles. The number of halogens is 1. The summed E-state index contributed by atoms with van der Waals surface area (Å²) in [4.78, 5) is 0. The molecule has 4 heteroatoms. The van der Waals surface area contributed by atoms with E-state index in [0.29, 0.717) is 29.0 Å². The van der Waals surface area contributed by atoms with E-state index in [-0.39, 0.29) is 0 Å². The first-order valence-corrected chi connectivity index (χ1v) is 6.07. The molecule has 2 heterocycles. The van der Waals surface area contributed by atoms with Gasteiger partial charge >= 0.3 is 0 Å². The van der Waals surface area contributed by atoms with Gasteiger partial charge in [-0.1, -0.05) is 11.6 Å². The molecule has 16 heavy (non-hydrogen) atoms. The van der Waals surface area contributed by atoms with Crippen molar-refractivity contribution < 1.29 is 4.74 Å². The third kappa shape index (κ3) is 1.74. The van der Waals surface area contributed by atoms with Gasteiger partial charge in [0.05, 0.1) is 29.0 Å². The number of rotatable bonds is 2. The Morgan fingerprint density at radius 3 is 2.88 bits per heavy atom. The molecule has 1 aromatic rings. The number of nitrogens with one attached hydrogen (secondary N) is 1. The van der Waals surface area contributed by atoms with Crippen LogP contribution >= 0.6 is 11.6 Å². The second-order valence-corrected chi connectivity index (χ2v) is 5.01. The Labute approximate surface area is 99.9 Å². The summed E-state index contributed by atoms with van der Waals surface area (Å²) in [5.41, 5.74) is 7.31. The van der Waals surface area contributed by atoms with E-state index in [2.05, 4.69) is 5.32 Å². The molecule has 0 saturated carbocycles. The number of hydrogen-bond acceptors (Lipinski definition) is 3. The van der Waals surface area contributed by atoms with E-state index in [1.54, 1.807) is 6.07 Å². The average Bonchev–Trinajstić information content (AvgIpc) is 2.84. The molecule has 0 amide bonds. The minimum absolute atomic E-state index is 0.360. The highest BCUT2D eigenvalue weighted by Crippen LogP contribution is 2.37. The van der Waals surface area contributed by atoms with E-state index in [0.717, 1.165) is 18.5 Å². The van der Waals surface area contributed by atoms with Gasteiger partial charge in [0.25, 0.3) is 0 Å². The normalized spacial score (nSPS) is 31.9. The first-order chi connectivity index (χ1) is 7.72. The average molecular weight is 239 g/mol. The highest BCUT2D eigenvalue weighted by molar-refractivity contribution is 6.33. The van der Waals surface area contributed by atoms with Crippen LogP contribution in [0.5, 0.6) is 0 Å². The monoisotopic (exact) mass is 238 g/mol. The van der Waals surface area contributed by atoms with Crippen LogP contribution in [0.25, 0.3) is 0 Å². The fraction of sp³-hybridized carbons (Fsp3) is 0.500. The number of nitrogens with two attached hydrogens (primary N) is 1. The Morgan fingerprint density at radius 2 is 2.25 bits per heavy atom. The van der Waals surface area contributed by atoms with E-state index in [1.165, 1.54) is 6.42 Å². The quantitative estimate of drug-likeness (QED) is 0.779. The third-order valence-corrected chi connectivity index (χ3v) is 3.75. The molecule has 3 nitrogen and oxygen atoms in total. The van der Waals surface area contributed by atoms with Crippen molar-refractivity contribution in [3.05, 3.63) is 23.2 Å². The molecule has 2 aliphatic rings. The van der Waals surface area contributed by atoms with E-state index in [9.17, 15) is 0 Å². The molecule has 0 radical (unpaired) electrons. The van der Waals surface area contributed by atoms with E-state index < -0.39 is 0 Å². The molecule has 86 valence electrons. The number of anilines is 2. The fourth-order valence-corrected chi connectivity index (χ4v) is 2.88. The van der Waals surface area contributed by atoms with Gasteiger partial charge in [-0.15, -0.1) is 0 Å². The smallest absolute Gasteiger partial charge is 0.0781 e. The zero-order valence-electron chi connectivity index (χ0n) is 8.95. The molecule has 2 fully saturated rings. The van der Waals surface area contributed by atoms with Gasteiger partial charge in [-0.3, -0.25) is 0 Å². The maximum absolute atomic E-state index is 6.13. The minimum atomic E-state index is 0.360. The summed E-state index contributed by atoms with van der Waals surface area (Å²) in [6.07, 6.45) is 4.27. The molecule has 2 aliphatic heterocycles. The van der Waals surface area contributed by atoms with Crippen molar-refractivity contribution in [2.75, 3.05) is 11.1 Å². The van der Waals surface area contributed by atoms with Crippen molar-refractivity contribution >= 4 is 23.0 Å². The summed E-state index contributed by atoms with van der Waals surface area (Å²) in [6.45, 7) is 0. The summed E-state index contributed by atoms with van der Waals surface area (Å²) in [5.74, 6) is 0. The molecule has 3 rings (SSSR count). The number of ether oxygens (including phenoxy) is 1. The van der Waals surface area contributed by atoms with Crippen molar-refractivity contribution in [1.82, 2.24) is 0 Å². The standard InChI is InChI=1S/C12H15ClN2O/c13-9-5-7(14)1-3-10(9)15-11-6-8-2-4-12(11)16-8/h1,3,5,8,11-12,15H,2,4,6,14H2. The predicted molar refractivity (Wildman–Crippen MR) is 65.8 cm³/mol. The van der Waals surface area contributed by atoms with E-state index >= 15 is 0 Å². The van der Waals surface area contributed by atoms with Crippen molar-refractivity contribution in [3.63, 3.8) is 0 Å². The van der Waals surface area contributed by atoms with Crippen molar-refractivity contribution in [1.29, 1.82) is 0 Å². The molecule has 0 aliphatic carbocycles. The number of nitrogen functional groups attached to an aromatic ring is 1. The lowest BCUT2D eigenvalue weighted by atomic mass is 9.95. The van der Waals surface area contributed by atoms with Gasteiger partial charge in [-0.2, -0.15) is 0 Å². The second-order valence-electron chi connectivity index (χ2n) is 4.60. The second kappa shape index (κ2) is 3.82. The molecule has 3 unspecified atom stereocenters. The Bertz CT molecular complexity index is 410. The van der Waals surface area contributed by atoms with Crippen LogP contribution in [-0.4, -0.2) is 18.2 Å². The summed E-state index contributed by atoms with van der Waals surface area (Å²) >= 11 is 6.13. The Morgan fingerprint density at radius 1 is 1.38 bits per heavy atom. The van der Waals surface area contributed by atoms with Gasteiger partial charge in [-0.25, -0.2) is 0 Å². The molecule has 1 aromatic carbocycles. The predicted octanol–water partition coefficient (Wildman–Crippen LogP) is 2.65. The maximum Gasteiger partial charge on any atom is 0.0781 e. The molecule has 0 spiro atoms. The van der Waals surface area contributed by atoms with Crippen molar-refractivity contribution in [2.45, 2.75) is 37.5 Å². The van der Waals surface area contributed by atoms with Gasteiger partial charge < -0.3 is 15.8 Å². The van der Waals surface area contributed by atoms with Gasteiger partial charge in [0, 0.05) is 5.69 Å². The molecule has 3 atom stereocenters. The zero-order chi connectivity index (χ0) is 11.1. The van der Waals surface area contributed by atoms with Crippen molar-refractivity contribution in [2.24, 2.45) is 0 Å². The lowest BCUT2D eigenvalue weighted by Crippen LogP contribution is -2.30. The summed E-state index contributed by atoms with van der Waals surface area (Å²) < 4.78 is 5.79. The van der Waals surface area contributed by atoms with Gasteiger partial charge in [0.15, 0.2) is 0 Å². The van der Waals surface area contributed by atoms with Gasteiger partial charge in [-0.05, 0) is 37.5 Å². The minimum Gasteiger partial charge on any atom is -0.399 e. The Kier molecular flexibility index (Phi) is 2.45. The van der Waals surface area contributed by atoms with Crippen LogP contribution in [0.4, 0.5) is 11.4 Å². The van der Waals surface area contributed by atoms with Gasteiger partial charge in [0.2, 0.25) is 0 Å². The topological polar surface area (TPSA) is 47.3 Å². The number of benzene rings is 1. The van der Waals surface area contributed by atoms with E-state index in [1.807, 2.05) is 12.1 Å². The SMILES string of the molecule is Nc1ccc(NC2CC3CCC2O3)c(Cl)c1. The largest absolute Gasteiger partial charge is 0.399 e. The van der Waals surface area contributed by atoms with E-state index in [4.69, 9.17) is 22.1 Å². The molecule has 2 saturated heterocycles. The van der Waals surface area contributed by atoms with Crippen LogP contribution in [0, 0.1) is 0 Å². The first kappa shape index (κ1) is 10.2. The molecular formula is C12H15ClN2O. The Balaban J connectivity index is 1.74. The van der Waals surface area contributed by atoms with Crippen LogP contribution in [0.2, 0.25) is 5.02 Å². The summed E-state index contributed by atoms with van der Waals surface area (Å²) in [6, 6.07) is 5.98. The first-order valence-electron chi connectivity index (χ1n) is 5.69. The number of fused-ring (bicyclic) bond motifs is 2. The number of hydrogen-bond donors (Lipinski definition) is 2. The zero-order valence-corrected chi connectivity index (χ0v) is 9.70. The highest BCUT2D eigenvalue weighted by Gasteiger charge is 2.40. The summed E-state index contributed by atoms with van der Waals surface area (Å²) in [7, 11) is 0. The lowest BCUT2D eigenvalue weighted by Gasteiger charge is -2.21. The van der Waals surface area contributed by atoms with Crippen molar-refractivity contribution in [3.8, 4) is 0 Å². The van der Waals surface area contributed by atoms with Crippen LogP contribution in [0.1, 0.15) is 19.3 Å². The molecule has 2 bridgehead atoms. The van der Waals surface area contributed by atoms with Crippen LogP contribution in [0.3, 0.4) is 0 Å². The van der Waals surface area contributed by atoms with Crippen LogP contribution in [-0.2, 0) is 4.74 Å². The van der Waals surface area contributed by atoms with Crippen LogP contribution in [0.15, 0.2) is 18.2 Å². The maximum atomic E-state index is 6.13. The molecule has 3 N–H and O–H groups in total. The fourth-order valence-electron chi connectivity index (χ4n) is 2.64. The highest BCUT2D eigenvalue weighted by atomic mass is 35.5. The van der Waals surface area contributed by atoms with Crippen LogP contribution < -0.4 is 11.1 Å². The third-order valence-electron chi connectivity index (χ3n) is 3.44. The summed E-state index contributed by atoms with van der Waals surface area (Å²) in [5, 5.41) is 4.14. The lowest BCUT2D eigenvalue weighted by molar-refractivity contribution is 0.102.